The van der Waals surface area contributed by atoms with E-state index in [9.17, 15) is 9.59 Å². The number of carbonyl (C=O) groups is 1. The number of aromatic nitrogens is 4. The van der Waals surface area contributed by atoms with Crippen LogP contribution in [0.2, 0.25) is 0 Å². The summed E-state index contributed by atoms with van der Waals surface area (Å²) in [4.78, 5) is 30.7. The average Bonchev–Trinajstić information content (AvgIpc) is 3.09. The fourth-order valence-corrected chi connectivity index (χ4v) is 4.42. The maximum atomic E-state index is 13.2. The fraction of sp³-hybridized carbons (Fsp3) is 0.231. The molecule has 0 bridgehead atoms. The number of aromatic amines is 1. The second-order valence-corrected chi connectivity index (χ2v) is 8.79. The number of para-hydroxylation sites is 1. The first kappa shape index (κ1) is 23.4. The lowest BCUT2D eigenvalue weighted by Gasteiger charge is -2.18. The summed E-state index contributed by atoms with van der Waals surface area (Å²) >= 11 is 5.32. The maximum Gasteiger partial charge on any atom is 0.262 e. The molecule has 0 radical (unpaired) electrons. The second kappa shape index (κ2) is 9.23. The normalized spacial score (nSPS) is 11.1. The molecule has 0 unspecified atom stereocenters. The number of amides is 1. The van der Waals surface area contributed by atoms with Gasteiger partial charge in [0.2, 0.25) is 0 Å². The standard InChI is InChI=1S/C26H27N5O2S/c1-6-13-30-25(33)20-12-11-19(14-22(20)27-26(30)34)24(32)29(5)15-21-17(3)28-31(18(21)4)23-10-8-7-9-16(23)2/h6-12,14H,1,13,15H2,2-5H3,(H,27,34). The van der Waals surface area contributed by atoms with Gasteiger partial charge < -0.3 is 9.88 Å². The Balaban J connectivity index is 1.64. The van der Waals surface area contributed by atoms with Gasteiger partial charge in [-0.05, 0) is 62.8 Å². The van der Waals surface area contributed by atoms with Gasteiger partial charge in [0.1, 0.15) is 0 Å². The molecular weight excluding hydrogens is 446 g/mol. The number of hydrogen-bond donors (Lipinski definition) is 1. The van der Waals surface area contributed by atoms with Crippen LogP contribution < -0.4 is 5.56 Å². The number of allylic oxidation sites excluding steroid dienone is 1. The van der Waals surface area contributed by atoms with E-state index in [-0.39, 0.29) is 11.5 Å². The van der Waals surface area contributed by atoms with Crippen LogP contribution in [0, 0.1) is 25.5 Å². The predicted molar refractivity (Wildman–Crippen MR) is 137 cm³/mol. The van der Waals surface area contributed by atoms with Crippen LogP contribution in [0.4, 0.5) is 0 Å². The predicted octanol–water partition coefficient (Wildman–Crippen LogP) is 4.63. The van der Waals surface area contributed by atoms with Crippen LogP contribution >= 0.6 is 12.2 Å². The third-order valence-electron chi connectivity index (χ3n) is 6.07. The molecule has 0 aliphatic carbocycles. The molecule has 174 valence electrons. The van der Waals surface area contributed by atoms with Crippen molar-refractivity contribution in [3.8, 4) is 5.69 Å². The van der Waals surface area contributed by atoms with Gasteiger partial charge in [-0.2, -0.15) is 5.10 Å². The SMILES string of the molecule is C=CCn1c(=S)[nH]c2cc(C(=O)N(C)Cc3c(C)nn(-c4ccccc4C)c3C)ccc2c1=O. The van der Waals surface area contributed by atoms with Crippen LogP contribution in [-0.2, 0) is 13.1 Å². The highest BCUT2D eigenvalue weighted by atomic mass is 32.1. The van der Waals surface area contributed by atoms with E-state index in [0.717, 1.165) is 28.2 Å². The molecule has 0 fully saturated rings. The molecule has 4 aromatic rings. The van der Waals surface area contributed by atoms with Crippen molar-refractivity contribution in [1.82, 2.24) is 24.2 Å². The number of aryl methyl sites for hydroxylation is 2. The van der Waals surface area contributed by atoms with Crippen molar-refractivity contribution in [3.05, 3.63) is 98.3 Å². The van der Waals surface area contributed by atoms with Crippen molar-refractivity contribution in [2.45, 2.75) is 33.9 Å². The summed E-state index contributed by atoms with van der Waals surface area (Å²) in [6, 6.07) is 13.1. The summed E-state index contributed by atoms with van der Waals surface area (Å²) in [7, 11) is 1.76. The monoisotopic (exact) mass is 473 g/mol. The maximum absolute atomic E-state index is 13.2. The van der Waals surface area contributed by atoms with Crippen LogP contribution in [0.25, 0.3) is 16.6 Å². The van der Waals surface area contributed by atoms with E-state index >= 15 is 0 Å². The zero-order valence-electron chi connectivity index (χ0n) is 19.8. The van der Waals surface area contributed by atoms with Crippen LogP contribution in [0.15, 0.2) is 59.9 Å². The first-order chi connectivity index (χ1) is 16.2. The lowest BCUT2D eigenvalue weighted by Crippen LogP contribution is -2.27. The Morgan fingerprint density at radius 2 is 1.94 bits per heavy atom. The Labute approximate surface area is 203 Å². The molecule has 0 atom stereocenters. The molecule has 2 aromatic carbocycles. The van der Waals surface area contributed by atoms with Gasteiger partial charge in [-0.15, -0.1) is 6.58 Å². The molecule has 8 heteroatoms. The van der Waals surface area contributed by atoms with Gasteiger partial charge in [0.05, 0.1) is 22.3 Å². The van der Waals surface area contributed by atoms with Crippen molar-refractivity contribution < 1.29 is 4.79 Å². The third kappa shape index (κ3) is 4.12. The molecule has 0 aliphatic heterocycles. The van der Waals surface area contributed by atoms with Gasteiger partial charge in [-0.1, -0.05) is 24.3 Å². The van der Waals surface area contributed by atoms with E-state index in [2.05, 4.69) is 24.6 Å². The van der Waals surface area contributed by atoms with Gasteiger partial charge in [-0.3, -0.25) is 14.2 Å². The lowest BCUT2D eigenvalue weighted by atomic mass is 10.1. The van der Waals surface area contributed by atoms with E-state index < -0.39 is 0 Å². The van der Waals surface area contributed by atoms with Crippen LogP contribution in [0.1, 0.15) is 32.9 Å². The van der Waals surface area contributed by atoms with Gasteiger partial charge in [0.15, 0.2) is 4.77 Å². The van der Waals surface area contributed by atoms with Crippen LogP contribution in [0.5, 0.6) is 0 Å². The quantitative estimate of drug-likeness (QED) is 0.327. The number of carbonyl (C=O) groups excluding carboxylic acids is 1. The highest BCUT2D eigenvalue weighted by Gasteiger charge is 2.19. The van der Waals surface area contributed by atoms with E-state index in [1.807, 2.05) is 36.7 Å². The molecule has 1 N–H and O–H groups in total. The Kier molecular flexibility index (Phi) is 6.34. The largest absolute Gasteiger partial charge is 0.337 e. The van der Waals surface area contributed by atoms with Gasteiger partial charge in [0.25, 0.3) is 11.5 Å². The Morgan fingerprint density at radius 1 is 1.21 bits per heavy atom. The average molecular weight is 474 g/mol. The molecule has 0 aliphatic rings. The van der Waals surface area contributed by atoms with E-state index in [1.165, 1.54) is 4.57 Å². The minimum absolute atomic E-state index is 0.154. The molecule has 7 nitrogen and oxygen atoms in total. The van der Waals surface area contributed by atoms with Crippen LogP contribution in [-0.4, -0.2) is 37.2 Å². The minimum atomic E-state index is -0.208. The van der Waals surface area contributed by atoms with Crippen molar-refractivity contribution in [2.24, 2.45) is 0 Å². The Bertz CT molecular complexity index is 1540. The van der Waals surface area contributed by atoms with Crippen LogP contribution in [0.3, 0.4) is 0 Å². The van der Waals surface area contributed by atoms with Crippen molar-refractivity contribution in [3.63, 3.8) is 0 Å². The number of hydrogen-bond acceptors (Lipinski definition) is 4. The second-order valence-electron chi connectivity index (χ2n) is 8.40. The fourth-order valence-electron chi connectivity index (χ4n) is 4.15. The number of rotatable bonds is 6. The van der Waals surface area contributed by atoms with Gasteiger partial charge in [-0.25, -0.2) is 4.68 Å². The molecule has 0 spiro atoms. The summed E-state index contributed by atoms with van der Waals surface area (Å²) in [5.41, 5.74) is 5.84. The molecule has 0 saturated heterocycles. The summed E-state index contributed by atoms with van der Waals surface area (Å²) < 4.78 is 3.67. The first-order valence-electron chi connectivity index (χ1n) is 11.0. The minimum Gasteiger partial charge on any atom is -0.337 e. The van der Waals surface area contributed by atoms with Crippen molar-refractivity contribution >= 4 is 29.0 Å². The molecular formula is C26H27N5O2S. The van der Waals surface area contributed by atoms with E-state index in [1.54, 1.807) is 36.2 Å². The van der Waals surface area contributed by atoms with E-state index in [4.69, 9.17) is 17.3 Å². The zero-order valence-corrected chi connectivity index (χ0v) is 20.6. The molecule has 4 rings (SSSR count). The molecule has 1 amide bonds. The van der Waals surface area contributed by atoms with Crippen molar-refractivity contribution in [2.75, 3.05) is 7.05 Å². The zero-order chi connectivity index (χ0) is 24.6. The number of benzene rings is 2. The van der Waals surface area contributed by atoms with E-state index in [0.29, 0.717) is 34.3 Å². The number of nitrogens with one attached hydrogen (secondary N) is 1. The summed E-state index contributed by atoms with van der Waals surface area (Å²) in [5, 5.41) is 5.20. The highest BCUT2D eigenvalue weighted by Crippen LogP contribution is 2.22. The third-order valence-corrected chi connectivity index (χ3v) is 6.39. The molecule has 2 aromatic heterocycles. The number of H-pyrrole nitrogens is 1. The smallest absolute Gasteiger partial charge is 0.262 e. The molecule has 0 saturated carbocycles. The Hall–Kier alpha value is -3.78. The van der Waals surface area contributed by atoms with Gasteiger partial charge in [0, 0.05) is 37.0 Å². The summed E-state index contributed by atoms with van der Waals surface area (Å²) in [5.74, 6) is -0.154. The summed E-state index contributed by atoms with van der Waals surface area (Å²) in [6.45, 7) is 10.4. The molecule has 2 heterocycles. The topological polar surface area (TPSA) is 75.9 Å². The highest BCUT2D eigenvalue weighted by molar-refractivity contribution is 7.71. The van der Waals surface area contributed by atoms with Crippen molar-refractivity contribution in [1.29, 1.82) is 0 Å². The van der Waals surface area contributed by atoms with Gasteiger partial charge >= 0.3 is 0 Å². The number of fused-ring (bicyclic) bond motifs is 1. The molecule has 34 heavy (non-hydrogen) atoms. The summed E-state index contributed by atoms with van der Waals surface area (Å²) in [6.07, 6.45) is 1.62. The lowest BCUT2D eigenvalue weighted by molar-refractivity contribution is 0.0785. The number of nitrogens with zero attached hydrogens (tertiary/aromatic N) is 4. The first-order valence-corrected chi connectivity index (χ1v) is 11.4. The Morgan fingerprint density at radius 3 is 2.65 bits per heavy atom.